The summed E-state index contributed by atoms with van der Waals surface area (Å²) in [6, 6.07) is 4.94. The molecule has 0 heterocycles. The Morgan fingerprint density at radius 1 is 1.29 bits per heavy atom. The maximum atomic E-state index is 13.8. The minimum atomic E-state index is -1.98. The average molecular weight is 255 g/mol. The Labute approximate surface area is 104 Å². The Morgan fingerprint density at radius 3 is 2.29 bits per heavy atom. The number of hydrogen-bond acceptors (Lipinski definition) is 2. The van der Waals surface area contributed by atoms with Crippen LogP contribution in [-0.2, 0) is 6.54 Å². The van der Waals surface area contributed by atoms with Crippen LogP contribution in [0.5, 0.6) is 5.75 Å². The normalized spacial score (nSPS) is 12.6. The summed E-state index contributed by atoms with van der Waals surface area (Å²) < 4.78 is 19.7. The lowest BCUT2D eigenvalue weighted by Crippen LogP contribution is -2.44. The van der Waals surface area contributed by atoms with Gasteiger partial charge in [0.1, 0.15) is 5.75 Å². The van der Waals surface area contributed by atoms with Crippen LogP contribution in [0.3, 0.4) is 0 Å². The van der Waals surface area contributed by atoms with Crippen LogP contribution in [0.1, 0.15) is 26.3 Å². The van der Waals surface area contributed by atoms with Crippen LogP contribution >= 0.6 is 0 Å². The Morgan fingerprint density at radius 2 is 1.88 bits per heavy atom. The fourth-order valence-corrected chi connectivity index (χ4v) is 2.20. The van der Waals surface area contributed by atoms with E-state index in [2.05, 4.69) is 33.9 Å². The first-order valence-electron chi connectivity index (χ1n) is 5.85. The second-order valence-electron chi connectivity index (χ2n) is 5.83. The van der Waals surface area contributed by atoms with Gasteiger partial charge in [-0.15, -0.1) is 0 Å². The third-order valence-electron chi connectivity index (χ3n) is 3.40. The first-order chi connectivity index (χ1) is 7.67. The van der Waals surface area contributed by atoms with E-state index >= 15 is 0 Å². The van der Waals surface area contributed by atoms with Crippen molar-refractivity contribution < 1.29 is 8.82 Å². The maximum absolute atomic E-state index is 13.8. The van der Waals surface area contributed by atoms with E-state index in [1.54, 1.807) is 6.07 Å². The van der Waals surface area contributed by atoms with Gasteiger partial charge >= 0.3 is 0 Å². The second kappa shape index (κ2) is 4.78. The first-order valence-corrected chi connectivity index (χ1v) is 8.76. The van der Waals surface area contributed by atoms with Crippen LogP contribution in [0, 0.1) is 5.82 Å². The van der Waals surface area contributed by atoms with Gasteiger partial charge in [0, 0.05) is 6.54 Å². The molecule has 0 spiro atoms. The van der Waals surface area contributed by atoms with E-state index in [0.29, 0.717) is 12.3 Å². The van der Waals surface area contributed by atoms with Crippen LogP contribution in [0.4, 0.5) is 4.39 Å². The Balaban J connectivity index is 2.96. The van der Waals surface area contributed by atoms with Crippen molar-refractivity contribution >= 4 is 8.32 Å². The summed E-state index contributed by atoms with van der Waals surface area (Å²) in [4.78, 5) is 0. The molecule has 2 nitrogen and oxygen atoms in total. The van der Waals surface area contributed by atoms with Crippen molar-refractivity contribution in [3.05, 3.63) is 29.6 Å². The van der Waals surface area contributed by atoms with Gasteiger partial charge in [-0.25, -0.2) is 4.39 Å². The van der Waals surface area contributed by atoms with Gasteiger partial charge in [0.2, 0.25) is 0 Å². The van der Waals surface area contributed by atoms with Crippen molar-refractivity contribution in [2.24, 2.45) is 5.73 Å². The Kier molecular flexibility index (Phi) is 3.99. The number of nitrogens with two attached hydrogens (primary N) is 1. The van der Waals surface area contributed by atoms with E-state index in [1.165, 1.54) is 6.07 Å². The summed E-state index contributed by atoms with van der Waals surface area (Å²) in [6.45, 7) is 10.9. The van der Waals surface area contributed by atoms with Gasteiger partial charge in [0.15, 0.2) is 5.82 Å². The van der Waals surface area contributed by atoms with Gasteiger partial charge in [-0.1, -0.05) is 26.8 Å². The molecule has 1 aromatic carbocycles. The number of halogens is 1. The Bertz CT molecular complexity index is 399. The molecule has 4 heteroatoms. The van der Waals surface area contributed by atoms with Crippen LogP contribution in [-0.4, -0.2) is 8.32 Å². The molecule has 2 N–H and O–H groups in total. The van der Waals surface area contributed by atoms with Crippen molar-refractivity contribution in [1.82, 2.24) is 0 Å². The van der Waals surface area contributed by atoms with E-state index in [1.807, 2.05) is 6.07 Å². The zero-order chi connectivity index (χ0) is 13.3. The molecule has 17 heavy (non-hydrogen) atoms. The largest absolute Gasteiger partial charge is 0.542 e. The molecule has 1 rings (SSSR count). The average Bonchev–Trinajstić information content (AvgIpc) is 2.19. The molecule has 0 unspecified atom stereocenters. The van der Waals surface area contributed by atoms with Crippen molar-refractivity contribution in [3.63, 3.8) is 0 Å². The third kappa shape index (κ3) is 3.29. The molecular formula is C13H22FNOSi. The van der Waals surface area contributed by atoms with E-state index in [9.17, 15) is 4.39 Å². The SMILES string of the molecule is CC(C)(C)[Si](C)(C)Oc1ccc(CN)cc1F. The molecule has 0 atom stereocenters. The van der Waals surface area contributed by atoms with Gasteiger partial charge in [0.05, 0.1) is 0 Å². The van der Waals surface area contributed by atoms with Gasteiger partial charge in [-0.05, 0) is 35.8 Å². The highest BCUT2D eigenvalue weighted by Gasteiger charge is 2.39. The molecule has 0 saturated carbocycles. The molecule has 0 radical (unpaired) electrons. The highest BCUT2D eigenvalue weighted by atomic mass is 28.4. The van der Waals surface area contributed by atoms with Crippen LogP contribution in [0.25, 0.3) is 0 Å². The highest BCUT2D eigenvalue weighted by molar-refractivity contribution is 6.74. The smallest absolute Gasteiger partial charge is 0.250 e. The quantitative estimate of drug-likeness (QED) is 0.836. The van der Waals surface area contributed by atoms with Gasteiger partial charge in [0.25, 0.3) is 8.32 Å². The molecule has 0 aromatic heterocycles. The number of hydrogen-bond donors (Lipinski definition) is 1. The fraction of sp³-hybridized carbons (Fsp3) is 0.538. The molecular weight excluding hydrogens is 233 g/mol. The summed E-state index contributed by atoms with van der Waals surface area (Å²) in [5.74, 6) is 0.0200. The lowest BCUT2D eigenvalue weighted by molar-refractivity contribution is 0.456. The van der Waals surface area contributed by atoms with E-state index in [4.69, 9.17) is 10.2 Å². The topological polar surface area (TPSA) is 35.2 Å². The summed E-state index contributed by atoms with van der Waals surface area (Å²) in [5.41, 5.74) is 6.25. The second-order valence-corrected chi connectivity index (χ2v) is 10.6. The predicted octanol–water partition coefficient (Wildman–Crippen LogP) is 3.67. The van der Waals surface area contributed by atoms with Gasteiger partial charge < -0.3 is 10.2 Å². The molecule has 0 bridgehead atoms. The van der Waals surface area contributed by atoms with Crippen molar-refractivity contribution in [2.75, 3.05) is 0 Å². The minimum Gasteiger partial charge on any atom is -0.542 e. The predicted molar refractivity (Wildman–Crippen MR) is 72.1 cm³/mol. The van der Waals surface area contributed by atoms with E-state index in [0.717, 1.165) is 5.56 Å². The molecule has 0 saturated heterocycles. The maximum Gasteiger partial charge on any atom is 0.250 e. The van der Waals surface area contributed by atoms with Gasteiger partial charge in [-0.3, -0.25) is 0 Å². The zero-order valence-electron chi connectivity index (χ0n) is 11.3. The lowest BCUT2D eigenvalue weighted by Gasteiger charge is -2.36. The molecule has 0 aliphatic carbocycles. The van der Waals surface area contributed by atoms with Gasteiger partial charge in [-0.2, -0.15) is 0 Å². The third-order valence-corrected chi connectivity index (χ3v) is 7.75. The monoisotopic (exact) mass is 255 g/mol. The van der Waals surface area contributed by atoms with E-state index in [-0.39, 0.29) is 10.9 Å². The summed E-state index contributed by atoms with van der Waals surface area (Å²) >= 11 is 0. The standard InChI is InChI=1S/C13H22FNOSi/c1-13(2,3)17(4,5)16-12-7-6-10(9-15)8-11(12)14/h6-8H,9,15H2,1-5H3. The van der Waals surface area contributed by atoms with Crippen molar-refractivity contribution in [1.29, 1.82) is 0 Å². The Hall–Kier alpha value is -0.873. The summed E-state index contributed by atoms with van der Waals surface area (Å²) in [7, 11) is -1.98. The molecule has 0 amide bonds. The molecule has 1 aromatic rings. The van der Waals surface area contributed by atoms with Crippen LogP contribution in [0.2, 0.25) is 18.1 Å². The van der Waals surface area contributed by atoms with Crippen LogP contribution in [0.15, 0.2) is 18.2 Å². The van der Waals surface area contributed by atoms with Crippen molar-refractivity contribution in [2.45, 2.75) is 45.4 Å². The summed E-state index contributed by atoms with van der Waals surface area (Å²) in [6.07, 6.45) is 0. The zero-order valence-corrected chi connectivity index (χ0v) is 12.3. The number of rotatable bonds is 3. The van der Waals surface area contributed by atoms with Crippen molar-refractivity contribution in [3.8, 4) is 5.75 Å². The first kappa shape index (κ1) is 14.2. The minimum absolute atomic E-state index is 0.0615. The van der Waals surface area contributed by atoms with E-state index < -0.39 is 8.32 Å². The molecule has 0 fully saturated rings. The van der Waals surface area contributed by atoms with Crippen LogP contribution < -0.4 is 10.2 Å². The lowest BCUT2D eigenvalue weighted by atomic mass is 10.2. The molecule has 0 aliphatic rings. The fourth-order valence-electron chi connectivity index (χ4n) is 1.18. The summed E-state index contributed by atoms with van der Waals surface area (Å²) in [5, 5.41) is 0.0615. The number of benzene rings is 1. The molecule has 0 aliphatic heterocycles. The molecule has 96 valence electrons. The highest BCUT2D eigenvalue weighted by Crippen LogP contribution is 2.37.